The minimum Gasteiger partial charge on any atom is -0.507 e. The molecule has 7 nitrogen and oxygen atoms in total. The number of hydrogen-bond acceptors (Lipinski definition) is 6. The molecule has 0 saturated carbocycles. The van der Waals surface area contributed by atoms with Gasteiger partial charge in [-0.25, -0.2) is 0 Å². The van der Waals surface area contributed by atoms with Gasteiger partial charge in [-0.2, -0.15) is 0 Å². The summed E-state index contributed by atoms with van der Waals surface area (Å²) in [5, 5.41) is 16.9. The van der Waals surface area contributed by atoms with Gasteiger partial charge in [0.25, 0.3) is 11.8 Å². The Hall–Kier alpha value is -3.13. The molecule has 0 bridgehead atoms. The van der Waals surface area contributed by atoms with E-state index < -0.39 is 11.8 Å². The number of primary amides is 1. The predicted octanol–water partition coefficient (Wildman–Crippen LogP) is 3.34. The van der Waals surface area contributed by atoms with Crippen molar-refractivity contribution in [2.24, 2.45) is 5.73 Å². The van der Waals surface area contributed by atoms with E-state index in [1.165, 1.54) is 23.5 Å². The Kier molecular flexibility index (Phi) is 4.41. The van der Waals surface area contributed by atoms with Crippen LogP contribution in [0.15, 0.2) is 34.9 Å². The highest BCUT2D eigenvalue weighted by atomic mass is 32.1. The number of nitrogens with one attached hydrogen (secondary N) is 1. The standard InChI is InChI=1S/C19H17N3O4S/c20-17(24)16-11-6-2-4-8-15(11)27-19(16)21-18(25)12-9-14(26-22-12)10-5-1-3-7-13(10)23/h1,3,5,7,9,23H,2,4,6,8H2,(H2,20,24)(H,21,25). The molecule has 2 aromatic heterocycles. The topological polar surface area (TPSA) is 118 Å². The van der Waals surface area contributed by atoms with Crippen LogP contribution in [0.25, 0.3) is 11.3 Å². The van der Waals surface area contributed by atoms with Crippen LogP contribution in [0.4, 0.5) is 5.00 Å². The van der Waals surface area contributed by atoms with Gasteiger partial charge in [-0.3, -0.25) is 9.59 Å². The highest BCUT2D eigenvalue weighted by Crippen LogP contribution is 2.38. The van der Waals surface area contributed by atoms with E-state index in [0.29, 0.717) is 16.1 Å². The molecule has 1 aliphatic carbocycles. The highest BCUT2D eigenvalue weighted by molar-refractivity contribution is 7.17. The first-order valence-electron chi connectivity index (χ1n) is 8.55. The summed E-state index contributed by atoms with van der Waals surface area (Å²) in [6, 6.07) is 8.06. The molecule has 0 atom stereocenters. The van der Waals surface area contributed by atoms with Crippen molar-refractivity contribution in [3.8, 4) is 17.1 Å². The number of para-hydroxylation sites is 1. The molecule has 1 aliphatic rings. The fourth-order valence-corrected chi connectivity index (χ4v) is 4.56. The van der Waals surface area contributed by atoms with Gasteiger partial charge in [-0.05, 0) is 43.4 Å². The number of aromatic nitrogens is 1. The Morgan fingerprint density at radius 3 is 2.78 bits per heavy atom. The zero-order valence-corrected chi connectivity index (χ0v) is 15.1. The summed E-state index contributed by atoms with van der Waals surface area (Å²) in [4.78, 5) is 25.6. The SMILES string of the molecule is NC(=O)c1c(NC(=O)c2cc(-c3ccccc3O)on2)sc2c1CCCC2. The number of fused-ring (bicyclic) bond motifs is 1. The third-order valence-electron chi connectivity index (χ3n) is 4.56. The molecule has 0 saturated heterocycles. The monoisotopic (exact) mass is 383 g/mol. The number of anilines is 1. The molecule has 0 radical (unpaired) electrons. The molecule has 3 aromatic rings. The molecule has 0 unspecified atom stereocenters. The van der Waals surface area contributed by atoms with Gasteiger partial charge < -0.3 is 20.7 Å². The predicted molar refractivity (Wildman–Crippen MR) is 101 cm³/mol. The second kappa shape index (κ2) is 6.88. The molecule has 0 aliphatic heterocycles. The van der Waals surface area contributed by atoms with Crippen molar-refractivity contribution in [1.82, 2.24) is 5.16 Å². The van der Waals surface area contributed by atoms with Crippen LogP contribution in [0.3, 0.4) is 0 Å². The fourth-order valence-electron chi connectivity index (χ4n) is 3.27. The van der Waals surface area contributed by atoms with Crippen LogP contribution in [0.5, 0.6) is 5.75 Å². The minimum absolute atomic E-state index is 0.0301. The lowest BCUT2D eigenvalue weighted by Crippen LogP contribution is -2.18. The van der Waals surface area contributed by atoms with Crippen LogP contribution in [0.2, 0.25) is 0 Å². The third-order valence-corrected chi connectivity index (χ3v) is 5.76. The number of thiophene rings is 1. The lowest BCUT2D eigenvalue weighted by atomic mass is 9.95. The number of aryl methyl sites for hydroxylation is 1. The number of phenols is 1. The number of benzene rings is 1. The Balaban J connectivity index is 1.61. The van der Waals surface area contributed by atoms with Crippen LogP contribution in [-0.4, -0.2) is 22.1 Å². The number of rotatable bonds is 4. The maximum atomic E-state index is 12.6. The molecule has 4 rings (SSSR count). The van der Waals surface area contributed by atoms with Crippen molar-refractivity contribution in [1.29, 1.82) is 0 Å². The van der Waals surface area contributed by atoms with Gasteiger partial charge in [-0.1, -0.05) is 17.3 Å². The fraction of sp³-hybridized carbons (Fsp3) is 0.211. The van der Waals surface area contributed by atoms with Crippen molar-refractivity contribution in [3.63, 3.8) is 0 Å². The Bertz CT molecular complexity index is 1040. The number of aromatic hydroxyl groups is 1. The van der Waals surface area contributed by atoms with Crippen LogP contribution in [-0.2, 0) is 12.8 Å². The molecule has 0 spiro atoms. The first-order chi connectivity index (χ1) is 13.0. The van der Waals surface area contributed by atoms with Crippen molar-refractivity contribution in [3.05, 3.63) is 52.0 Å². The second-order valence-electron chi connectivity index (χ2n) is 6.33. The number of nitrogens with two attached hydrogens (primary N) is 1. The first-order valence-corrected chi connectivity index (χ1v) is 9.37. The molecule has 8 heteroatoms. The first kappa shape index (κ1) is 17.3. The maximum absolute atomic E-state index is 12.6. The van der Waals surface area contributed by atoms with E-state index in [0.717, 1.165) is 36.1 Å². The summed E-state index contributed by atoms with van der Waals surface area (Å²) in [6.07, 6.45) is 3.75. The summed E-state index contributed by atoms with van der Waals surface area (Å²) < 4.78 is 5.19. The molecule has 4 N–H and O–H groups in total. The number of phenolic OH excluding ortho intramolecular Hbond substituents is 1. The van der Waals surface area contributed by atoms with Crippen molar-refractivity contribution < 1.29 is 19.2 Å². The van der Waals surface area contributed by atoms with Gasteiger partial charge in [0.2, 0.25) is 0 Å². The van der Waals surface area contributed by atoms with Crippen LogP contribution >= 0.6 is 11.3 Å². The summed E-state index contributed by atoms with van der Waals surface area (Å²) >= 11 is 1.39. The number of nitrogens with zero attached hydrogens (tertiary/aromatic N) is 1. The Morgan fingerprint density at radius 2 is 2.00 bits per heavy atom. The zero-order valence-electron chi connectivity index (χ0n) is 14.3. The van der Waals surface area contributed by atoms with E-state index in [9.17, 15) is 14.7 Å². The van der Waals surface area contributed by atoms with Gasteiger partial charge in [0.05, 0.1) is 11.1 Å². The number of hydrogen-bond donors (Lipinski definition) is 3. The molecule has 0 fully saturated rings. The minimum atomic E-state index is -0.542. The molecular weight excluding hydrogens is 366 g/mol. The van der Waals surface area contributed by atoms with Crippen LogP contribution in [0, 0.1) is 0 Å². The quantitative estimate of drug-likeness (QED) is 0.638. The number of carbonyl (C=O) groups is 2. The van der Waals surface area contributed by atoms with Gasteiger partial charge in [0.15, 0.2) is 11.5 Å². The van der Waals surface area contributed by atoms with Gasteiger partial charge >= 0.3 is 0 Å². The average Bonchev–Trinajstić information content (AvgIpc) is 3.26. The zero-order chi connectivity index (χ0) is 19.0. The lowest BCUT2D eigenvalue weighted by molar-refractivity contribution is 0.100. The normalized spacial score (nSPS) is 13.2. The Morgan fingerprint density at radius 1 is 1.22 bits per heavy atom. The van der Waals surface area contributed by atoms with E-state index in [1.54, 1.807) is 18.2 Å². The number of carbonyl (C=O) groups excluding carboxylic acids is 2. The smallest absolute Gasteiger partial charge is 0.278 e. The molecule has 2 heterocycles. The summed E-state index contributed by atoms with van der Waals surface area (Å²) in [5.74, 6) is -0.734. The molecule has 1 aromatic carbocycles. The van der Waals surface area contributed by atoms with E-state index in [2.05, 4.69) is 10.5 Å². The lowest BCUT2D eigenvalue weighted by Gasteiger charge is -2.11. The molecular formula is C19H17N3O4S. The Labute approximate surface area is 158 Å². The summed E-state index contributed by atoms with van der Waals surface area (Å²) in [7, 11) is 0. The molecule has 27 heavy (non-hydrogen) atoms. The van der Waals surface area contributed by atoms with E-state index in [-0.39, 0.29) is 17.2 Å². The largest absolute Gasteiger partial charge is 0.507 e. The molecule has 2 amide bonds. The maximum Gasteiger partial charge on any atom is 0.278 e. The number of amides is 2. The average molecular weight is 383 g/mol. The van der Waals surface area contributed by atoms with Gasteiger partial charge in [0, 0.05) is 10.9 Å². The van der Waals surface area contributed by atoms with Crippen LogP contribution in [0.1, 0.15) is 44.1 Å². The highest BCUT2D eigenvalue weighted by Gasteiger charge is 2.26. The van der Waals surface area contributed by atoms with E-state index in [1.807, 2.05) is 0 Å². The van der Waals surface area contributed by atoms with Gasteiger partial charge in [-0.15, -0.1) is 11.3 Å². The summed E-state index contributed by atoms with van der Waals surface area (Å²) in [5.41, 5.74) is 7.38. The second-order valence-corrected chi connectivity index (χ2v) is 7.43. The van der Waals surface area contributed by atoms with Crippen molar-refractivity contribution in [2.75, 3.05) is 5.32 Å². The van der Waals surface area contributed by atoms with Crippen molar-refractivity contribution >= 4 is 28.2 Å². The summed E-state index contributed by atoms with van der Waals surface area (Å²) in [6.45, 7) is 0. The van der Waals surface area contributed by atoms with Crippen molar-refractivity contribution in [2.45, 2.75) is 25.7 Å². The third kappa shape index (κ3) is 3.19. The van der Waals surface area contributed by atoms with E-state index >= 15 is 0 Å². The molecule has 138 valence electrons. The van der Waals surface area contributed by atoms with Gasteiger partial charge in [0.1, 0.15) is 10.8 Å². The van der Waals surface area contributed by atoms with E-state index in [4.69, 9.17) is 10.3 Å². The van der Waals surface area contributed by atoms with Crippen LogP contribution < -0.4 is 11.1 Å².